The molecule has 0 bridgehead atoms. The van der Waals surface area contributed by atoms with Gasteiger partial charge in [-0.05, 0) is 30.8 Å². The predicted molar refractivity (Wildman–Crippen MR) is 91.2 cm³/mol. The molecule has 9 heteroatoms. The van der Waals surface area contributed by atoms with E-state index in [2.05, 4.69) is 14.5 Å². The summed E-state index contributed by atoms with van der Waals surface area (Å²) in [6.07, 6.45) is 1.50. The van der Waals surface area contributed by atoms with E-state index in [9.17, 15) is 18.0 Å². The van der Waals surface area contributed by atoms with Gasteiger partial charge in [0.05, 0.1) is 7.11 Å². The largest absolute Gasteiger partial charge is 0.481 e. The van der Waals surface area contributed by atoms with Gasteiger partial charge in [0.15, 0.2) is 11.6 Å². The van der Waals surface area contributed by atoms with Crippen molar-refractivity contribution in [3.63, 3.8) is 0 Å². The zero-order valence-electron chi connectivity index (χ0n) is 14.8. The van der Waals surface area contributed by atoms with Crippen molar-refractivity contribution in [2.75, 3.05) is 27.3 Å². The number of hydrogen-bond acceptors (Lipinski definition) is 6. The molecule has 0 amide bonds. The van der Waals surface area contributed by atoms with Crippen LogP contribution in [0.4, 0.5) is 13.2 Å². The first-order valence-corrected chi connectivity index (χ1v) is 7.96. The number of hydrogen-bond donors (Lipinski definition) is 0. The molecular formula is C18H19F3N2O4. The molecule has 0 saturated carbocycles. The third-order valence-corrected chi connectivity index (χ3v) is 3.70. The molecule has 27 heavy (non-hydrogen) atoms. The summed E-state index contributed by atoms with van der Waals surface area (Å²) >= 11 is 0. The maximum atomic E-state index is 13.6. The number of aromatic nitrogens is 1. The van der Waals surface area contributed by atoms with Gasteiger partial charge in [0.2, 0.25) is 5.88 Å². The fourth-order valence-corrected chi connectivity index (χ4v) is 2.45. The summed E-state index contributed by atoms with van der Waals surface area (Å²) in [6, 6.07) is 5.46. The molecule has 1 aromatic heterocycles. The van der Waals surface area contributed by atoms with Crippen LogP contribution in [0.3, 0.4) is 0 Å². The summed E-state index contributed by atoms with van der Waals surface area (Å²) in [4.78, 5) is 16.3. The summed E-state index contributed by atoms with van der Waals surface area (Å²) in [5.41, 5.74) is 1.78. The Hall–Kier alpha value is -2.81. The van der Waals surface area contributed by atoms with Gasteiger partial charge in [-0.2, -0.15) is 8.78 Å². The highest BCUT2D eigenvalue weighted by Gasteiger charge is 2.14. The highest BCUT2D eigenvalue weighted by molar-refractivity contribution is 5.65. The normalized spacial score (nSPS) is 10.9. The number of carbonyl (C=O) groups excluding carboxylic acids is 1. The van der Waals surface area contributed by atoms with Crippen molar-refractivity contribution in [3.05, 3.63) is 41.8 Å². The molecule has 0 unspecified atom stereocenters. The Bertz CT molecular complexity index is 774. The first-order valence-electron chi connectivity index (χ1n) is 7.96. The van der Waals surface area contributed by atoms with Crippen LogP contribution in [0.5, 0.6) is 11.6 Å². The molecule has 0 fully saturated rings. The Balaban J connectivity index is 2.27. The number of halogens is 3. The third kappa shape index (κ3) is 5.85. The lowest BCUT2D eigenvalue weighted by Crippen LogP contribution is -2.23. The van der Waals surface area contributed by atoms with Crippen molar-refractivity contribution in [2.24, 2.45) is 0 Å². The second kappa shape index (κ2) is 9.77. The topological polar surface area (TPSA) is 60.9 Å². The average Bonchev–Trinajstić information content (AvgIpc) is 2.63. The SMILES string of the molecule is COc1ncc(-c2ccc(F)c(OC(F)F)c2)cc1CN(C)CCOC=O. The predicted octanol–water partition coefficient (Wildman–Crippen LogP) is 3.10. The molecule has 0 saturated heterocycles. The molecule has 0 radical (unpaired) electrons. The smallest absolute Gasteiger partial charge is 0.387 e. The molecule has 146 valence electrons. The van der Waals surface area contributed by atoms with Gasteiger partial charge in [-0.1, -0.05) is 6.07 Å². The van der Waals surface area contributed by atoms with Crippen LogP contribution in [0, 0.1) is 5.82 Å². The van der Waals surface area contributed by atoms with Gasteiger partial charge in [-0.15, -0.1) is 0 Å². The third-order valence-electron chi connectivity index (χ3n) is 3.70. The molecule has 0 aliphatic heterocycles. The van der Waals surface area contributed by atoms with E-state index in [1.54, 1.807) is 6.07 Å². The number of ether oxygens (including phenoxy) is 3. The molecule has 2 rings (SSSR count). The minimum Gasteiger partial charge on any atom is -0.481 e. The van der Waals surface area contributed by atoms with Crippen molar-refractivity contribution in [2.45, 2.75) is 13.2 Å². The molecule has 1 heterocycles. The molecule has 1 aromatic carbocycles. The van der Waals surface area contributed by atoms with Gasteiger partial charge in [0.1, 0.15) is 6.61 Å². The molecule has 0 N–H and O–H groups in total. The standard InChI is InChI=1S/C18H19F3N2O4/c1-23(5-6-26-11-24)10-14-7-13(9-22-17(14)25-2)12-3-4-15(19)16(8-12)27-18(20)21/h3-4,7-9,11,18H,5-6,10H2,1-2H3. The van der Waals surface area contributed by atoms with Crippen LogP contribution in [0.15, 0.2) is 30.5 Å². The molecular weight excluding hydrogens is 365 g/mol. The lowest BCUT2D eigenvalue weighted by molar-refractivity contribution is -0.129. The van der Waals surface area contributed by atoms with Gasteiger partial charge in [-0.25, -0.2) is 9.37 Å². The van der Waals surface area contributed by atoms with Gasteiger partial charge in [-0.3, -0.25) is 9.69 Å². The van der Waals surface area contributed by atoms with E-state index in [0.717, 1.165) is 11.6 Å². The molecule has 0 aliphatic carbocycles. The van der Waals surface area contributed by atoms with Crippen LogP contribution in [0.25, 0.3) is 11.1 Å². The molecule has 0 atom stereocenters. The van der Waals surface area contributed by atoms with Gasteiger partial charge in [0, 0.05) is 30.4 Å². The van der Waals surface area contributed by atoms with Gasteiger partial charge >= 0.3 is 6.61 Å². The quantitative estimate of drug-likeness (QED) is 0.463. The number of alkyl halides is 2. The Morgan fingerprint density at radius 2 is 2.04 bits per heavy atom. The number of nitrogens with zero attached hydrogens (tertiary/aromatic N) is 2. The number of methoxy groups -OCH3 is 1. The zero-order valence-corrected chi connectivity index (χ0v) is 14.8. The van der Waals surface area contributed by atoms with E-state index in [4.69, 9.17) is 4.74 Å². The molecule has 0 spiro atoms. The van der Waals surface area contributed by atoms with Crippen molar-refractivity contribution in [1.82, 2.24) is 9.88 Å². The first-order chi connectivity index (χ1) is 12.9. The second-order valence-corrected chi connectivity index (χ2v) is 5.62. The lowest BCUT2D eigenvalue weighted by atomic mass is 10.0. The number of pyridine rings is 1. The fraction of sp³-hybridized carbons (Fsp3) is 0.333. The van der Waals surface area contributed by atoms with Crippen LogP contribution in [-0.2, 0) is 16.1 Å². The van der Waals surface area contributed by atoms with E-state index in [1.165, 1.54) is 25.4 Å². The minimum absolute atomic E-state index is 0.238. The molecule has 0 aliphatic rings. The highest BCUT2D eigenvalue weighted by atomic mass is 19.3. The van der Waals surface area contributed by atoms with Crippen molar-refractivity contribution in [3.8, 4) is 22.8 Å². The Kier molecular flexibility index (Phi) is 7.42. The summed E-state index contributed by atoms with van der Waals surface area (Å²) in [6.45, 7) is -1.57. The lowest BCUT2D eigenvalue weighted by Gasteiger charge is -2.18. The Labute approximate surface area is 154 Å². The van der Waals surface area contributed by atoms with Crippen molar-refractivity contribution < 1.29 is 32.2 Å². The van der Waals surface area contributed by atoms with E-state index in [1.807, 2.05) is 11.9 Å². The fourth-order valence-electron chi connectivity index (χ4n) is 2.45. The maximum Gasteiger partial charge on any atom is 0.387 e. The Morgan fingerprint density at radius 1 is 1.26 bits per heavy atom. The van der Waals surface area contributed by atoms with E-state index < -0.39 is 18.2 Å². The second-order valence-electron chi connectivity index (χ2n) is 5.62. The van der Waals surface area contributed by atoms with Crippen LogP contribution in [-0.4, -0.2) is 50.3 Å². The van der Waals surface area contributed by atoms with Gasteiger partial charge < -0.3 is 14.2 Å². The molecule has 2 aromatic rings. The monoisotopic (exact) mass is 384 g/mol. The number of likely N-dealkylation sites (N-methyl/N-ethyl adjacent to an activating group) is 1. The Morgan fingerprint density at radius 3 is 2.70 bits per heavy atom. The van der Waals surface area contributed by atoms with Crippen LogP contribution in [0.1, 0.15) is 5.56 Å². The number of benzene rings is 1. The average molecular weight is 384 g/mol. The van der Waals surface area contributed by atoms with Crippen LogP contribution < -0.4 is 9.47 Å². The van der Waals surface area contributed by atoms with Crippen LogP contribution in [0.2, 0.25) is 0 Å². The number of carbonyl (C=O) groups is 1. The highest BCUT2D eigenvalue weighted by Crippen LogP contribution is 2.30. The zero-order chi connectivity index (χ0) is 19.8. The van der Waals surface area contributed by atoms with E-state index >= 15 is 0 Å². The molecule has 6 nitrogen and oxygen atoms in total. The summed E-state index contributed by atoms with van der Waals surface area (Å²) < 4.78 is 52.6. The minimum atomic E-state index is -3.12. The summed E-state index contributed by atoms with van der Waals surface area (Å²) in [7, 11) is 3.31. The van der Waals surface area contributed by atoms with E-state index in [-0.39, 0.29) is 6.61 Å². The van der Waals surface area contributed by atoms with Gasteiger partial charge in [0.25, 0.3) is 6.47 Å². The van der Waals surface area contributed by atoms with Crippen LogP contribution >= 0.6 is 0 Å². The maximum absolute atomic E-state index is 13.6. The first kappa shape index (κ1) is 20.5. The van der Waals surface area contributed by atoms with E-state index in [0.29, 0.717) is 36.6 Å². The number of rotatable bonds is 10. The van der Waals surface area contributed by atoms with Crippen molar-refractivity contribution >= 4 is 6.47 Å². The summed E-state index contributed by atoms with van der Waals surface area (Å²) in [5, 5.41) is 0. The van der Waals surface area contributed by atoms with Crippen molar-refractivity contribution in [1.29, 1.82) is 0 Å². The summed E-state index contributed by atoms with van der Waals surface area (Å²) in [5.74, 6) is -1.02.